The lowest BCUT2D eigenvalue weighted by Gasteiger charge is -2.19. The second-order valence-electron chi connectivity index (χ2n) is 2.89. The number of amides is 1. The standard InChI is InChI=1S/C8H3F6NO/c1-3-4(7(9,10)11)2-5(8(12,13)14)15-6(3)16/h1H3. The first-order valence-electron chi connectivity index (χ1n) is 3.79. The van der Waals surface area contributed by atoms with Crippen molar-refractivity contribution >= 4 is 5.91 Å². The topological polar surface area (TPSA) is 31.2 Å². The van der Waals surface area contributed by atoms with Crippen molar-refractivity contribution in [3.63, 3.8) is 0 Å². The average molecular weight is 243 g/mol. The molecule has 8 heteroatoms. The molecule has 1 aliphatic heterocycles. The van der Waals surface area contributed by atoms with E-state index in [1.807, 2.05) is 0 Å². The SMILES string of the molecule is CC1=C(C(F)(F)F)[C]=C(C(F)(F)F)[N]C1=O. The molecule has 2 radical (unpaired) electrons. The number of hydrogen-bond acceptors (Lipinski definition) is 1. The van der Waals surface area contributed by atoms with E-state index < -0.39 is 35.1 Å². The van der Waals surface area contributed by atoms with Crippen molar-refractivity contribution in [2.24, 2.45) is 0 Å². The molecule has 1 heterocycles. The molecule has 0 unspecified atom stereocenters. The van der Waals surface area contributed by atoms with Crippen LogP contribution in [-0.4, -0.2) is 18.3 Å². The molecule has 0 saturated heterocycles. The Bertz CT molecular complexity index is 386. The maximum absolute atomic E-state index is 12.2. The molecule has 0 aromatic carbocycles. The van der Waals surface area contributed by atoms with Gasteiger partial charge < -0.3 is 0 Å². The molecule has 0 spiro atoms. The lowest BCUT2D eigenvalue weighted by Crippen LogP contribution is -2.32. The number of hydrogen-bond donors (Lipinski definition) is 0. The van der Waals surface area contributed by atoms with Crippen LogP contribution in [0, 0.1) is 6.08 Å². The lowest BCUT2D eigenvalue weighted by molar-refractivity contribution is -0.127. The minimum atomic E-state index is -5.13. The van der Waals surface area contributed by atoms with Crippen molar-refractivity contribution in [2.75, 3.05) is 0 Å². The molecule has 1 rings (SSSR count). The first-order chi connectivity index (χ1) is 7.03. The third-order valence-electron chi connectivity index (χ3n) is 1.70. The molecule has 0 bridgehead atoms. The summed E-state index contributed by atoms with van der Waals surface area (Å²) in [6, 6.07) is 0. The molecule has 2 nitrogen and oxygen atoms in total. The zero-order chi connectivity index (χ0) is 12.7. The highest BCUT2D eigenvalue weighted by molar-refractivity contribution is 5.96. The number of carbonyl (C=O) groups is 1. The van der Waals surface area contributed by atoms with Crippen molar-refractivity contribution < 1.29 is 31.1 Å². The summed E-state index contributed by atoms with van der Waals surface area (Å²) in [4.78, 5) is 10.8. The molecule has 0 atom stereocenters. The fraction of sp³-hybridized carbons (Fsp3) is 0.375. The van der Waals surface area contributed by atoms with E-state index in [2.05, 4.69) is 5.32 Å². The number of nitrogens with zero attached hydrogens (tertiary/aromatic N) is 1. The van der Waals surface area contributed by atoms with Crippen LogP contribution in [0.2, 0.25) is 0 Å². The number of halogens is 6. The first kappa shape index (κ1) is 12.6. The van der Waals surface area contributed by atoms with Gasteiger partial charge in [0.15, 0.2) is 5.70 Å². The summed E-state index contributed by atoms with van der Waals surface area (Å²) in [6.07, 6.45) is -9.12. The monoisotopic (exact) mass is 243 g/mol. The molecular weight excluding hydrogens is 240 g/mol. The minimum absolute atomic E-state index is 0.745. The number of alkyl halides is 6. The van der Waals surface area contributed by atoms with Gasteiger partial charge in [0.1, 0.15) is 0 Å². The van der Waals surface area contributed by atoms with E-state index in [9.17, 15) is 31.1 Å². The molecule has 0 aliphatic carbocycles. The van der Waals surface area contributed by atoms with Gasteiger partial charge in [0.05, 0.1) is 5.57 Å². The number of allylic oxidation sites excluding steroid dienone is 3. The Morgan fingerprint density at radius 1 is 1.06 bits per heavy atom. The minimum Gasteiger partial charge on any atom is -0.267 e. The summed E-state index contributed by atoms with van der Waals surface area (Å²) in [7, 11) is 0. The van der Waals surface area contributed by atoms with Crippen LogP contribution in [-0.2, 0) is 4.79 Å². The Kier molecular flexibility index (Phi) is 2.78. The molecule has 0 aromatic rings. The van der Waals surface area contributed by atoms with E-state index in [0.29, 0.717) is 0 Å². The predicted octanol–water partition coefficient (Wildman–Crippen LogP) is 2.26. The van der Waals surface area contributed by atoms with Crippen LogP contribution >= 0.6 is 0 Å². The second-order valence-corrected chi connectivity index (χ2v) is 2.89. The Hall–Kier alpha value is -1.47. The predicted molar refractivity (Wildman–Crippen MR) is 38.7 cm³/mol. The summed E-state index contributed by atoms with van der Waals surface area (Å²) >= 11 is 0. The Morgan fingerprint density at radius 2 is 1.56 bits per heavy atom. The fourth-order valence-electron chi connectivity index (χ4n) is 0.950. The van der Waals surface area contributed by atoms with Gasteiger partial charge >= 0.3 is 12.4 Å². The Balaban J connectivity index is 3.29. The van der Waals surface area contributed by atoms with Gasteiger partial charge in [0.2, 0.25) is 0 Å². The summed E-state index contributed by atoms with van der Waals surface area (Å²) in [5.41, 5.74) is -4.60. The van der Waals surface area contributed by atoms with E-state index in [0.717, 1.165) is 13.0 Å². The van der Waals surface area contributed by atoms with Gasteiger partial charge in [-0.3, -0.25) is 4.79 Å². The van der Waals surface area contributed by atoms with Gasteiger partial charge in [-0.25, -0.2) is 5.32 Å². The highest BCUT2D eigenvalue weighted by Crippen LogP contribution is 2.35. The quantitative estimate of drug-likeness (QED) is 0.600. The van der Waals surface area contributed by atoms with Gasteiger partial charge in [0.25, 0.3) is 5.91 Å². The van der Waals surface area contributed by atoms with Gasteiger partial charge in [-0.2, -0.15) is 26.3 Å². The van der Waals surface area contributed by atoms with Crippen molar-refractivity contribution in [3.05, 3.63) is 22.9 Å². The van der Waals surface area contributed by atoms with Crippen molar-refractivity contribution in [2.45, 2.75) is 19.3 Å². The zero-order valence-corrected chi connectivity index (χ0v) is 7.62. The van der Waals surface area contributed by atoms with E-state index in [1.54, 1.807) is 0 Å². The van der Waals surface area contributed by atoms with Gasteiger partial charge in [-0.05, 0) is 6.92 Å². The fourth-order valence-corrected chi connectivity index (χ4v) is 0.950. The summed E-state index contributed by atoms with van der Waals surface area (Å²) < 4.78 is 72.9. The smallest absolute Gasteiger partial charge is 0.267 e. The van der Waals surface area contributed by atoms with Crippen LogP contribution in [0.1, 0.15) is 6.92 Å². The maximum atomic E-state index is 12.2. The largest absolute Gasteiger partial charge is 0.434 e. The van der Waals surface area contributed by atoms with E-state index >= 15 is 0 Å². The van der Waals surface area contributed by atoms with Crippen LogP contribution in [0.25, 0.3) is 0 Å². The van der Waals surface area contributed by atoms with Crippen molar-refractivity contribution in [3.8, 4) is 0 Å². The molecule has 0 aromatic heterocycles. The molecule has 16 heavy (non-hydrogen) atoms. The first-order valence-corrected chi connectivity index (χ1v) is 3.79. The van der Waals surface area contributed by atoms with E-state index in [1.165, 1.54) is 0 Å². The highest BCUT2D eigenvalue weighted by Gasteiger charge is 2.45. The summed E-state index contributed by atoms with van der Waals surface area (Å²) in [5, 5.41) is 2.48. The molecule has 1 amide bonds. The van der Waals surface area contributed by atoms with Gasteiger partial charge in [-0.15, -0.1) is 0 Å². The molecule has 88 valence electrons. The zero-order valence-electron chi connectivity index (χ0n) is 7.62. The van der Waals surface area contributed by atoms with Crippen LogP contribution < -0.4 is 5.32 Å². The third kappa shape index (κ3) is 2.37. The molecule has 0 saturated carbocycles. The van der Waals surface area contributed by atoms with Crippen molar-refractivity contribution in [1.29, 1.82) is 0 Å². The Morgan fingerprint density at radius 3 is 1.94 bits per heavy atom. The van der Waals surface area contributed by atoms with Crippen LogP contribution in [0.4, 0.5) is 26.3 Å². The number of carbonyl (C=O) groups excluding carboxylic acids is 1. The molecule has 1 aliphatic rings. The van der Waals surface area contributed by atoms with Gasteiger partial charge in [0, 0.05) is 11.6 Å². The molecule has 0 N–H and O–H groups in total. The Labute approximate surface area is 85.6 Å². The van der Waals surface area contributed by atoms with Crippen LogP contribution in [0.5, 0.6) is 0 Å². The third-order valence-corrected chi connectivity index (χ3v) is 1.70. The number of rotatable bonds is 0. The highest BCUT2D eigenvalue weighted by atomic mass is 19.4. The molecule has 0 fully saturated rings. The average Bonchev–Trinajstić information content (AvgIpc) is 2.05. The summed E-state index contributed by atoms with van der Waals surface area (Å²) in [6.45, 7) is 0.745. The van der Waals surface area contributed by atoms with E-state index in [4.69, 9.17) is 0 Å². The van der Waals surface area contributed by atoms with Crippen LogP contribution in [0.15, 0.2) is 16.8 Å². The normalized spacial score (nSPS) is 18.4. The summed E-state index contributed by atoms with van der Waals surface area (Å²) in [5.74, 6) is -1.56. The maximum Gasteiger partial charge on any atom is 0.434 e. The second kappa shape index (κ2) is 3.53. The van der Waals surface area contributed by atoms with Crippen LogP contribution in [0.3, 0.4) is 0 Å². The lowest BCUT2D eigenvalue weighted by atomic mass is 10.0. The van der Waals surface area contributed by atoms with E-state index in [-0.39, 0.29) is 0 Å². The van der Waals surface area contributed by atoms with Crippen molar-refractivity contribution in [1.82, 2.24) is 5.32 Å². The van der Waals surface area contributed by atoms with Gasteiger partial charge in [-0.1, -0.05) is 0 Å². The molecular formula is C8H3F6NO.